The first-order valence-corrected chi connectivity index (χ1v) is 7.66. The third-order valence-corrected chi connectivity index (χ3v) is 4.94. The number of hydrogen-bond acceptors (Lipinski definition) is 3. The van der Waals surface area contributed by atoms with Gasteiger partial charge in [-0.1, -0.05) is 25.8 Å². The fourth-order valence-corrected chi connectivity index (χ4v) is 3.61. The molecule has 5 nitrogen and oxygen atoms in total. The van der Waals surface area contributed by atoms with Crippen LogP contribution in [0.5, 0.6) is 0 Å². The van der Waals surface area contributed by atoms with Gasteiger partial charge in [0.05, 0.1) is 10.6 Å². The first kappa shape index (κ1) is 14.0. The Hall–Kier alpha value is -1.91. The molecule has 1 aliphatic carbocycles. The van der Waals surface area contributed by atoms with E-state index in [1.165, 1.54) is 18.9 Å². The molecule has 112 valence electrons. The van der Waals surface area contributed by atoms with E-state index in [1.54, 1.807) is 17.0 Å². The largest absolute Gasteiger partial charge is 0.311 e. The van der Waals surface area contributed by atoms with Crippen molar-refractivity contribution >= 4 is 17.3 Å². The molecule has 1 atom stereocenters. The van der Waals surface area contributed by atoms with E-state index >= 15 is 0 Å². The number of nitrogens with zero attached hydrogens (tertiary/aromatic N) is 2. The minimum atomic E-state index is -0.401. The predicted molar refractivity (Wildman–Crippen MR) is 80.3 cm³/mol. The average Bonchev–Trinajstić information content (AvgIpc) is 3.14. The van der Waals surface area contributed by atoms with Crippen molar-refractivity contribution in [2.75, 3.05) is 11.4 Å². The van der Waals surface area contributed by atoms with Crippen molar-refractivity contribution in [3.63, 3.8) is 0 Å². The van der Waals surface area contributed by atoms with Crippen LogP contribution < -0.4 is 4.90 Å². The Kier molecular flexibility index (Phi) is 3.66. The van der Waals surface area contributed by atoms with Crippen molar-refractivity contribution in [1.29, 1.82) is 0 Å². The predicted octanol–water partition coefficient (Wildman–Crippen LogP) is 3.31. The summed E-state index contributed by atoms with van der Waals surface area (Å²) < 4.78 is 0. The van der Waals surface area contributed by atoms with Gasteiger partial charge in [-0.2, -0.15) is 0 Å². The van der Waals surface area contributed by atoms with Gasteiger partial charge in [0.1, 0.15) is 0 Å². The van der Waals surface area contributed by atoms with Gasteiger partial charge in [0.2, 0.25) is 5.91 Å². The summed E-state index contributed by atoms with van der Waals surface area (Å²) in [6.07, 6.45) is 5.47. The van der Waals surface area contributed by atoms with Crippen LogP contribution in [0.3, 0.4) is 0 Å². The molecule has 0 bridgehead atoms. The minimum absolute atomic E-state index is 0.0118. The molecule has 2 aliphatic rings. The second-order valence-corrected chi connectivity index (χ2v) is 6.14. The van der Waals surface area contributed by atoms with Gasteiger partial charge in [-0.25, -0.2) is 0 Å². The van der Waals surface area contributed by atoms with Gasteiger partial charge in [-0.05, 0) is 30.7 Å². The maximum atomic E-state index is 12.7. The number of hydrogen-bond donors (Lipinski definition) is 0. The maximum absolute atomic E-state index is 12.7. The molecule has 1 aromatic carbocycles. The van der Waals surface area contributed by atoms with E-state index in [2.05, 4.69) is 0 Å². The Bertz CT molecular complexity index is 579. The summed E-state index contributed by atoms with van der Waals surface area (Å²) >= 11 is 0. The Morgan fingerprint density at radius 2 is 2.10 bits per heavy atom. The molecule has 0 radical (unpaired) electrons. The summed E-state index contributed by atoms with van der Waals surface area (Å²) in [6, 6.07) is 4.84. The summed E-state index contributed by atoms with van der Waals surface area (Å²) in [7, 11) is 0. The molecule has 1 unspecified atom stereocenters. The standard InChI is InChI=1S/C16H20N2O3/c1-11(12-4-2-3-5-12)16(19)17-9-8-13-6-7-14(18(20)21)10-15(13)17/h6-7,10-12H,2-5,8-9H2,1H3. The van der Waals surface area contributed by atoms with E-state index in [-0.39, 0.29) is 17.5 Å². The van der Waals surface area contributed by atoms with E-state index in [4.69, 9.17) is 0 Å². The lowest BCUT2D eigenvalue weighted by atomic mass is 9.91. The van der Waals surface area contributed by atoms with E-state index < -0.39 is 4.92 Å². The van der Waals surface area contributed by atoms with Gasteiger partial charge < -0.3 is 4.90 Å². The number of nitro groups is 1. The van der Waals surface area contributed by atoms with Gasteiger partial charge in [-0.15, -0.1) is 0 Å². The van der Waals surface area contributed by atoms with Crippen molar-refractivity contribution in [2.24, 2.45) is 11.8 Å². The highest BCUT2D eigenvalue weighted by molar-refractivity contribution is 5.97. The maximum Gasteiger partial charge on any atom is 0.271 e. The van der Waals surface area contributed by atoms with E-state index in [9.17, 15) is 14.9 Å². The first-order valence-electron chi connectivity index (χ1n) is 7.66. The van der Waals surface area contributed by atoms with Crippen LogP contribution in [0.2, 0.25) is 0 Å². The van der Waals surface area contributed by atoms with Crippen LogP contribution in [-0.2, 0) is 11.2 Å². The fourth-order valence-electron chi connectivity index (χ4n) is 3.61. The number of fused-ring (bicyclic) bond motifs is 1. The number of rotatable bonds is 3. The van der Waals surface area contributed by atoms with Crippen molar-refractivity contribution in [3.8, 4) is 0 Å². The highest BCUT2D eigenvalue weighted by atomic mass is 16.6. The first-order chi connectivity index (χ1) is 10.1. The van der Waals surface area contributed by atoms with Crippen LogP contribution in [0.15, 0.2) is 18.2 Å². The smallest absolute Gasteiger partial charge is 0.271 e. The Morgan fingerprint density at radius 1 is 1.38 bits per heavy atom. The molecule has 1 aliphatic heterocycles. The quantitative estimate of drug-likeness (QED) is 0.633. The van der Waals surface area contributed by atoms with E-state index in [1.807, 2.05) is 6.92 Å². The zero-order chi connectivity index (χ0) is 15.0. The fraction of sp³-hybridized carbons (Fsp3) is 0.562. The van der Waals surface area contributed by atoms with Crippen LogP contribution in [0.4, 0.5) is 11.4 Å². The zero-order valence-corrected chi connectivity index (χ0v) is 12.2. The molecule has 5 heteroatoms. The number of nitro benzene ring substituents is 1. The summed E-state index contributed by atoms with van der Waals surface area (Å²) in [5.41, 5.74) is 1.83. The number of anilines is 1. The highest BCUT2D eigenvalue weighted by Crippen LogP contribution is 2.36. The number of carbonyl (C=O) groups is 1. The number of amides is 1. The van der Waals surface area contributed by atoms with Crippen LogP contribution in [0.25, 0.3) is 0 Å². The Labute approximate surface area is 124 Å². The van der Waals surface area contributed by atoms with Crippen molar-refractivity contribution < 1.29 is 9.72 Å². The van der Waals surface area contributed by atoms with Gasteiger partial charge in [0.15, 0.2) is 0 Å². The lowest BCUT2D eigenvalue weighted by molar-refractivity contribution is -0.384. The molecule has 3 rings (SSSR count). The molecular formula is C16H20N2O3. The molecule has 1 heterocycles. The molecule has 1 amide bonds. The molecule has 0 spiro atoms. The SMILES string of the molecule is CC(C(=O)N1CCc2ccc([N+](=O)[O-])cc21)C1CCCC1. The second kappa shape index (κ2) is 5.47. The Balaban J connectivity index is 1.84. The zero-order valence-electron chi connectivity index (χ0n) is 12.2. The summed E-state index contributed by atoms with van der Waals surface area (Å²) in [6.45, 7) is 2.65. The lowest BCUT2D eigenvalue weighted by Gasteiger charge is -2.25. The van der Waals surface area contributed by atoms with Gasteiger partial charge in [-0.3, -0.25) is 14.9 Å². The monoisotopic (exact) mass is 288 g/mol. The highest BCUT2D eigenvalue weighted by Gasteiger charge is 2.34. The number of carbonyl (C=O) groups excluding carboxylic acids is 1. The van der Waals surface area contributed by atoms with Crippen LogP contribution >= 0.6 is 0 Å². The summed E-state index contributed by atoms with van der Waals surface area (Å²) in [5.74, 6) is 0.610. The Morgan fingerprint density at radius 3 is 2.76 bits per heavy atom. The van der Waals surface area contributed by atoms with E-state index in [0.717, 1.165) is 30.5 Å². The van der Waals surface area contributed by atoms with Crippen LogP contribution in [0.1, 0.15) is 38.2 Å². The third kappa shape index (κ3) is 2.52. The van der Waals surface area contributed by atoms with Crippen molar-refractivity contribution in [3.05, 3.63) is 33.9 Å². The van der Waals surface area contributed by atoms with Gasteiger partial charge in [0, 0.05) is 24.6 Å². The van der Waals surface area contributed by atoms with Crippen molar-refractivity contribution in [1.82, 2.24) is 0 Å². The molecule has 0 N–H and O–H groups in total. The minimum Gasteiger partial charge on any atom is -0.311 e. The topological polar surface area (TPSA) is 63.5 Å². The van der Waals surface area contributed by atoms with Gasteiger partial charge >= 0.3 is 0 Å². The molecule has 21 heavy (non-hydrogen) atoms. The van der Waals surface area contributed by atoms with E-state index in [0.29, 0.717) is 12.5 Å². The van der Waals surface area contributed by atoms with Crippen LogP contribution in [0, 0.1) is 22.0 Å². The molecular weight excluding hydrogens is 268 g/mol. The molecule has 1 saturated carbocycles. The molecule has 0 saturated heterocycles. The lowest BCUT2D eigenvalue weighted by Crippen LogP contribution is -2.36. The van der Waals surface area contributed by atoms with Crippen LogP contribution in [-0.4, -0.2) is 17.4 Å². The molecule has 0 aromatic heterocycles. The third-order valence-electron chi connectivity index (χ3n) is 4.94. The number of benzene rings is 1. The van der Waals surface area contributed by atoms with Crippen molar-refractivity contribution in [2.45, 2.75) is 39.0 Å². The summed E-state index contributed by atoms with van der Waals surface area (Å²) in [4.78, 5) is 25.0. The molecule has 1 aromatic rings. The second-order valence-electron chi connectivity index (χ2n) is 6.14. The average molecular weight is 288 g/mol. The molecule has 1 fully saturated rings. The number of non-ortho nitro benzene ring substituents is 1. The van der Waals surface area contributed by atoms with Gasteiger partial charge in [0.25, 0.3) is 5.69 Å². The normalized spacial score (nSPS) is 19.6. The summed E-state index contributed by atoms with van der Waals surface area (Å²) in [5, 5.41) is 10.9.